The highest BCUT2D eigenvalue weighted by Gasteiger charge is 2.41. The molecule has 0 aromatic carbocycles. The number of esters is 2. The standard InChI is InChI=1S/C17H26O4/c1-12(2)8-9-20-16(18)4-3-5-17(19)21-15-11-13-6-7-14(15)10-13/h8,13-15H,3-7,9-11H2,1-2H3. The van der Waals surface area contributed by atoms with Gasteiger partial charge >= 0.3 is 11.9 Å². The van der Waals surface area contributed by atoms with E-state index in [-0.39, 0.29) is 24.5 Å². The molecule has 2 saturated carbocycles. The van der Waals surface area contributed by atoms with Gasteiger partial charge in [-0.2, -0.15) is 0 Å². The Balaban J connectivity index is 1.55. The van der Waals surface area contributed by atoms with Gasteiger partial charge in [0.05, 0.1) is 0 Å². The second-order valence-electron chi connectivity index (χ2n) is 6.52. The number of carbonyl (C=O) groups excluding carboxylic acids is 2. The predicted octanol–water partition coefficient (Wildman–Crippen LogP) is 3.40. The Hall–Kier alpha value is -1.32. The molecule has 2 bridgehead atoms. The summed E-state index contributed by atoms with van der Waals surface area (Å²) in [6, 6.07) is 0. The van der Waals surface area contributed by atoms with Crippen LogP contribution in [0.3, 0.4) is 0 Å². The molecule has 0 heterocycles. The maximum atomic E-state index is 11.8. The fourth-order valence-electron chi connectivity index (χ4n) is 3.31. The summed E-state index contributed by atoms with van der Waals surface area (Å²) in [5.74, 6) is 0.954. The third kappa shape index (κ3) is 5.18. The van der Waals surface area contributed by atoms with Crippen LogP contribution in [-0.4, -0.2) is 24.6 Å². The van der Waals surface area contributed by atoms with Gasteiger partial charge in [-0.25, -0.2) is 0 Å². The van der Waals surface area contributed by atoms with Crippen LogP contribution < -0.4 is 0 Å². The Bertz CT molecular complexity index is 409. The molecule has 0 aliphatic heterocycles. The molecule has 0 saturated heterocycles. The first-order chi connectivity index (χ1) is 10.0. The highest BCUT2D eigenvalue weighted by atomic mass is 16.5. The van der Waals surface area contributed by atoms with Crippen molar-refractivity contribution >= 4 is 11.9 Å². The molecular formula is C17H26O4. The molecule has 3 unspecified atom stereocenters. The van der Waals surface area contributed by atoms with Gasteiger partial charge in [-0.05, 0) is 63.9 Å². The van der Waals surface area contributed by atoms with E-state index in [0.717, 1.165) is 17.9 Å². The zero-order valence-corrected chi connectivity index (χ0v) is 13.1. The zero-order valence-electron chi connectivity index (χ0n) is 13.1. The van der Waals surface area contributed by atoms with E-state index in [4.69, 9.17) is 9.47 Å². The molecule has 4 nitrogen and oxygen atoms in total. The largest absolute Gasteiger partial charge is 0.462 e. The maximum absolute atomic E-state index is 11.8. The van der Waals surface area contributed by atoms with Gasteiger partial charge in [-0.3, -0.25) is 9.59 Å². The second-order valence-corrected chi connectivity index (χ2v) is 6.52. The molecule has 0 spiro atoms. The summed E-state index contributed by atoms with van der Waals surface area (Å²) >= 11 is 0. The van der Waals surface area contributed by atoms with Crippen molar-refractivity contribution in [3.63, 3.8) is 0 Å². The summed E-state index contributed by atoms with van der Waals surface area (Å²) in [6.07, 6.45) is 7.88. The van der Waals surface area contributed by atoms with Crippen molar-refractivity contribution in [2.75, 3.05) is 6.61 Å². The van der Waals surface area contributed by atoms with E-state index in [9.17, 15) is 9.59 Å². The van der Waals surface area contributed by atoms with Crippen molar-refractivity contribution in [2.45, 2.75) is 64.9 Å². The molecule has 0 radical (unpaired) electrons. The molecule has 0 aromatic rings. The SMILES string of the molecule is CC(C)=CCOC(=O)CCCC(=O)OC1CC2CCC1C2. The van der Waals surface area contributed by atoms with E-state index < -0.39 is 0 Å². The van der Waals surface area contributed by atoms with Gasteiger partial charge in [-0.15, -0.1) is 0 Å². The summed E-state index contributed by atoms with van der Waals surface area (Å²) in [7, 11) is 0. The lowest BCUT2D eigenvalue weighted by Gasteiger charge is -2.21. The third-order valence-electron chi connectivity index (χ3n) is 4.45. The van der Waals surface area contributed by atoms with Crippen molar-refractivity contribution in [2.24, 2.45) is 11.8 Å². The lowest BCUT2D eigenvalue weighted by atomic mass is 9.98. The average molecular weight is 294 g/mol. The number of carbonyl (C=O) groups is 2. The minimum Gasteiger partial charge on any atom is -0.462 e. The van der Waals surface area contributed by atoms with Gasteiger partial charge in [0.25, 0.3) is 0 Å². The normalized spacial score (nSPS) is 26.5. The number of hydrogen-bond donors (Lipinski definition) is 0. The summed E-state index contributed by atoms with van der Waals surface area (Å²) in [6.45, 7) is 4.23. The van der Waals surface area contributed by atoms with Crippen LogP contribution in [0, 0.1) is 11.8 Å². The summed E-state index contributed by atoms with van der Waals surface area (Å²) in [5.41, 5.74) is 1.12. The van der Waals surface area contributed by atoms with Crippen molar-refractivity contribution in [3.8, 4) is 0 Å². The van der Waals surface area contributed by atoms with Crippen LogP contribution >= 0.6 is 0 Å². The first-order valence-electron chi connectivity index (χ1n) is 8.03. The highest BCUT2D eigenvalue weighted by molar-refractivity contribution is 5.72. The molecule has 2 aliphatic carbocycles. The van der Waals surface area contributed by atoms with E-state index in [1.165, 1.54) is 19.3 Å². The molecule has 2 fully saturated rings. The van der Waals surface area contributed by atoms with Crippen molar-refractivity contribution in [1.82, 2.24) is 0 Å². The molecule has 4 heteroatoms. The zero-order chi connectivity index (χ0) is 15.2. The van der Waals surface area contributed by atoms with E-state index in [1.807, 2.05) is 19.9 Å². The Kier molecular flexibility index (Phi) is 5.83. The Labute approximate surface area is 126 Å². The van der Waals surface area contributed by atoms with E-state index >= 15 is 0 Å². The topological polar surface area (TPSA) is 52.6 Å². The molecule has 0 amide bonds. The lowest BCUT2D eigenvalue weighted by molar-refractivity contribution is -0.151. The molecule has 3 atom stereocenters. The molecular weight excluding hydrogens is 268 g/mol. The summed E-state index contributed by atoms with van der Waals surface area (Å²) in [5, 5.41) is 0. The predicted molar refractivity (Wildman–Crippen MR) is 79.6 cm³/mol. The minimum atomic E-state index is -0.250. The Morgan fingerprint density at radius 1 is 1.10 bits per heavy atom. The molecule has 2 aliphatic rings. The van der Waals surface area contributed by atoms with Crippen LogP contribution in [0.1, 0.15) is 58.8 Å². The molecule has 0 N–H and O–H groups in total. The van der Waals surface area contributed by atoms with Crippen molar-refractivity contribution < 1.29 is 19.1 Å². The fraction of sp³-hybridized carbons (Fsp3) is 0.765. The van der Waals surface area contributed by atoms with Gasteiger partial charge in [0.1, 0.15) is 12.7 Å². The van der Waals surface area contributed by atoms with Crippen LogP contribution in [-0.2, 0) is 19.1 Å². The van der Waals surface area contributed by atoms with Gasteiger partial charge < -0.3 is 9.47 Å². The number of ether oxygens (including phenoxy) is 2. The summed E-state index contributed by atoms with van der Waals surface area (Å²) in [4.78, 5) is 23.2. The van der Waals surface area contributed by atoms with Gasteiger partial charge in [0, 0.05) is 12.8 Å². The quantitative estimate of drug-likeness (QED) is 0.533. The van der Waals surface area contributed by atoms with Crippen LogP contribution in [0.15, 0.2) is 11.6 Å². The Morgan fingerprint density at radius 2 is 1.86 bits per heavy atom. The molecule has 0 aromatic heterocycles. The van der Waals surface area contributed by atoms with Crippen LogP contribution in [0.25, 0.3) is 0 Å². The van der Waals surface area contributed by atoms with Gasteiger partial charge in [-0.1, -0.05) is 5.57 Å². The van der Waals surface area contributed by atoms with E-state index in [2.05, 4.69) is 0 Å². The lowest BCUT2D eigenvalue weighted by Crippen LogP contribution is -2.24. The highest BCUT2D eigenvalue weighted by Crippen LogP contribution is 2.45. The molecule has 118 valence electrons. The number of allylic oxidation sites excluding steroid dienone is 1. The second kappa shape index (κ2) is 7.62. The number of hydrogen-bond acceptors (Lipinski definition) is 4. The number of fused-ring (bicyclic) bond motifs is 2. The number of rotatable bonds is 7. The van der Waals surface area contributed by atoms with Crippen molar-refractivity contribution in [3.05, 3.63) is 11.6 Å². The van der Waals surface area contributed by atoms with Crippen LogP contribution in [0.5, 0.6) is 0 Å². The van der Waals surface area contributed by atoms with Gasteiger partial charge in [0.2, 0.25) is 0 Å². The first kappa shape index (κ1) is 16.1. The molecule has 21 heavy (non-hydrogen) atoms. The summed E-state index contributed by atoms with van der Waals surface area (Å²) < 4.78 is 10.6. The Morgan fingerprint density at radius 3 is 2.48 bits per heavy atom. The first-order valence-corrected chi connectivity index (χ1v) is 8.03. The third-order valence-corrected chi connectivity index (χ3v) is 4.45. The average Bonchev–Trinajstić information content (AvgIpc) is 3.00. The monoisotopic (exact) mass is 294 g/mol. The van der Waals surface area contributed by atoms with Crippen LogP contribution in [0.4, 0.5) is 0 Å². The fourth-order valence-corrected chi connectivity index (χ4v) is 3.31. The maximum Gasteiger partial charge on any atom is 0.306 e. The van der Waals surface area contributed by atoms with E-state index in [0.29, 0.717) is 25.4 Å². The molecule has 2 rings (SSSR count). The van der Waals surface area contributed by atoms with Crippen LogP contribution in [0.2, 0.25) is 0 Å². The van der Waals surface area contributed by atoms with Gasteiger partial charge in [0.15, 0.2) is 0 Å². The van der Waals surface area contributed by atoms with Crippen molar-refractivity contribution in [1.29, 1.82) is 0 Å². The smallest absolute Gasteiger partial charge is 0.306 e. The van der Waals surface area contributed by atoms with E-state index in [1.54, 1.807) is 0 Å². The minimum absolute atomic E-state index is 0.140.